The molecule has 0 radical (unpaired) electrons. The molecular weight excluding hydrogens is 249 g/mol. The van der Waals surface area contributed by atoms with Crippen molar-refractivity contribution in [1.82, 2.24) is 0 Å². The number of hydrogen-bond acceptors (Lipinski definition) is 3. The molecule has 4 nitrogen and oxygen atoms in total. The van der Waals surface area contributed by atoms with Gasteiger partial charge in [-0.25, -0.2) is 4.39 Å². The number of nitrogens with zero attached hydrogens (tertiary/aromatic N) is 1. The summed E-state index contributed by atoms with van der Waals surface area (Å²) in [5.74, 6) is -0.771. The van der Waals surface area contributed by atoms with E-state index in [2.05, 4.69) is 0 Å². The summed E-state index contributed by atoms with van der Waals surface area (Å²) in [4.78, 5) is 13.1. The predicted molar refractivity (Wildman–Crippen MR) is 60.6 cm³/mol. The molecule has 0 saturated carbocycles. The Morgan fingerprint density at radius 3 is 3.00 bits per heavy atom. The molecule has 0 spiro atoms. The van der Waals surface area contributed by atoms with Gasteiger partial charge in [-0.3, -0.25) is 4.79 Å². The van der Waals surface area contributed by atoms with E-state index in [9.17, 15) is 9.18 Å². The smallest absolute Gasteiger partial charge is 0.253 e. The minimum Gasteiger partial charge on any atom is -0.394 e. The number of hydrogen-bond donors (Lipinski definition) is 1. The van der Waals surface area contributed by atoms with Gasteiger partial charge in [-0.2, -0.15) is 0 Å². The van der Waals surface area contributed by atoms with Crippen molar-refractivity contribution in [3.8, 4) is 0 Å². The number of halogens is 2. The van der Waals surface area contributed by atoms with Crippen molar-refractivity contribution in [3.05, 3.63) is 29.0 Å². The molecule has 0 bridgehead atoms. The number of amides is 1. The molecule has 1 fully saturated rings. The molecule has 17 heavy (non-hydrogen) atoms. The second kappa shape index (κ2) is 5.00. The number of ether oxygens (including phenoxy) is 1. The van der Waals surface area contributed by atoms with Crippen molar-refractivity contribution in [2.24, 2.45) is 0 Å². The van der Waals surface area contributed by atoms with Gasteiger partial charge < -0.3 is 14.7 Å². The van der Waals surface area contributed by atoms with Crippen molar-refractivity contribution in [1.29, 1.82) is 0 Å². The fourth-order valence-corrected chi connectivity index (χ4v) is 1.81. The first-order valence-electron chi connectivity index (χ1n) is 5.09. The monoisotopic (exact) mass is 259 g/mol. The lowest BCUT2D eigenvalue weighted by Gasteiger charge is -2.31. The van der Waals surface area contributed by atoms with Gasteiger partial charge in [0.2, 0.25) is 0 Å². The van der Waals surface area contributed by atoms with E-state index in [1.165, 1.54) is 23.1 Å². The van der Waals surface area contributed by atoms with Crippen LogP contribution < -0.4 is 4.90 Å². The number of morpholine rings is 1. The van der Waals surface area contributed by atoms with Crippen LogP contribution in [0.4, 0.5) is 10.1 Å². The van der Waals surface area contributed by atoms with Crippen molar-refractivity contribution >= 4 is 23.2 Å². The lowest BCUT2D eigenvalue weighted by Crippen LogP contribution is -2.48. The number of carbonyl (C=O) groups excluding carboxylic acids is 1. The van der Waals surface area contributed by atoms with Crippen LogP contribution in [-0.4, -0.2) is 36.9 Å². The molecule has 1 atom stereocenters. The Balaban J connectivity index is 2.24. The minimum absolute atomic E-state index is 0.0395. The van der Waals surface area contributed by atoms with Crippen molar-refractivity contribution in [3.63, 3.8) is 0 Å². The van der Waals surface area contributed by atoms with Crippen molar-refractivity contribution < 1.29 is 19.0 Å². The van der Waals surface area contributed by atoms with Crippen LogP contribution in [0.1, 0.15) is 0 Å². The molecule has 0 aliphatic carbocycles. The molecule has 1 saturated heterocycles. The molecule has 1 aromatic carbocycles. The van der Waals surface area contributed by atoms with Gasteiger partial charge in [0.15, 0.2) is 0 Å². The molecule has 1 N–H and O–H groups in total. The lowest BCUT2D eigenvalue weighted by atomic mass is 10.2. The van der Waals surface area contributed by atoms with Gasteiger partial charge in [0.25, 0.3) is 5.91 Å². The van der Waals surface area contributed by atoms with E-state index < -0.39 is 11.9 Å². The first-order chi connectivity index (χ1) is 8.11. The Bertz CT molecular complexity index is 441. The van der Waals surface area contributed by atoms with Crippen LogP contribution in [0.15, 0.2) is 18.2 Å². The van der Waals surface area contributed by atoms with Crippen LogP contribution in [0.5, 0.6) is 0 Å². The third-order valence-corrected chi connectivity index (χ3v) is 2.84. The second-order valence-electron chi connectivity index (χ2n) is 3.72. The van der Waals surface area contributed by atoms with Crippen LogP contribution >= 0.6 is 11.6 Å². The first kappa shape index (κ1) is 12.3. The summed E-state index contributed by atoms with van der Waals surface area (Å²) < 4.78 is 18.1. The summed E-state index contributed by atoms with van der Waals surface area (Å²) in [6, 6.07) is 4.06. The SMILES string of the molecule is O=C1COC(CO)CN1c1ccc(F)c(Cl)c1. The second-order valence-corrected chi connectivity index (χ2v) is 4.13. The van der Waals surface area contributed by atoms with Gasteiger partial charge in [0.05, 0.1) is 24.3 Å². The molecule has 1 aromatic rings. The third kappa shape index (κ3) is 2.57. The number of rotatable bonds is 2. The minimum atomic E-state index is -0.533. The van der Waals surface area contributed by atoms with Gasteiger partial charge in [-0.05, 0) is 18.2 Å². The third-order valence-electron chi connectivity index (χ3n) is 2.55. The molecule has 1 unspecified atom stereocenters. The molecular formula is C11H11ClFNO3. The standard InChI is InChI=1S/C11H11ClFNO3/c12-9-3-7(1-2-10(9)13)14-4-8(5-15)17-6-11(14)16/h1-3,8,15H,4-6H2. The van der Waals surface area contributed by atoms with Gasteiger partial charge >= 0.3 is 0 Å². The van der Waals surface area contributed by atoms with Crippen LogP contribution in [0.25, 0.3) is 0 Å². The maximum absolute atomic E-state index is 13.0. The zero-order valence-corrected chi connectivity index (χ0v) is 9.65. The average molecular weight is 260 g/mol. The highest BCUT2D eigenvalue weighted by molar-refractivity contribution is 6.31. The Morgan fingerprint density at radius 1 is 1.59 bits per heavy atom. The van der Waals surface area contributed by atoms with Gasteiger partial charge in [0.1, 0.15) is 12.4 Å². The predicted octanol–water partition coefficient (Wildman–Crippen LogP) is 1.20. The molecule has 1 amide bonds. The molecule has 1 aliphatic heterocycles. The molecule has 6 heteroatoms. The summed E-state index contributed by atoms with van der Waals surface area (Å²) in [7, 11) is 0. The van der Waals surface area contributed by atoms with Gasteiger partial charge in [-0.15, -0.1) is 0 Å². The number of anilines is 1. The van der Waals surface area contributed by atoms with Crippen LogP contribution in [0.3, 0.4) is 0 Å². The highest BCUT2D eigenvalue weighted by Crippen LogP contribution is 2.24. The van der Waals surface area contributed by atoms with E-state index in [0.29, 0.717) is 5.69 Å². The summed E-state index contributed by atoms with van der Waals surface area (Å²) >= 11 is 5.66. The Labute approximate surface area is 103 Å². The summed E-state index contributed by atoms with van der Waals surface area (Å²) in [6.07, 6.45) is -0.420. The van der Waals surface area contributed by atoms with E-state index in [-0.39, 0.29) is 30.7 Å². The lowest BCUT2D eigenvalue weighted by molar-refractivity contribution is -0.130. The molecule has 1 aliphatic rings. The zero-order valence-electron chi connectivity index (χ0n) is 8.90. The Kier molecular flexibility index (Phi) is 3.61. The van der Waals surface area contributed by atoms with E-state index >= 15 is 0 Å². The van der Waals surface area contributed by atoms with E-state index in [4.69, 9.17) is 21.4 Å². The van der Waals surface area contributed by atoms with Crippen LogP contribution in [0, 0.1) is 5.82 Å². The average Bonchev–Trinajstić information content (AvgIpc) is 2.33. The molecule has 1 heterocycles. The molecule has 92 valence electrons. The summed E-state index contributed by atoms with van der Waals surface area (Å²) in [5.41, 5.74) is 0.503. The maximum Gasteiger partial charge on any atom is 0.253 e. The summed E-state index contributed by atoms with van der Waals surface area (Å²) in [6.45, 7) is -0.0315. The number of aliphatic hydroxyl groups is 1. The van der Waals surface area contributed by atoms with Crippen LogP contribution in [-0.2, 0) is 9.53 Å². The fraction of sp³-hybridized carbons (Fsp3) is 0.364. The number of benzene rings is 1. The van der Waals surface area contributed by atoms with Gasteiger partial charge in [-0.1, -0.05) is 11.6 Å². The van der Waals surface area contributed by atoms with Crippen LogP contribution in [0.2, 0.25) is 5.02 Å². The molecule has 0 aromatic heterocycles. The van der Waals surface area contributed by atoms with Crippen molar-refractivity contribution in [2.75, 3.05) is 24.7 Å². The first-order valence-corrected chi connectivity index (χ1v) is 5.47. The van der Waals surface area contributed by atoms with E-state index in [0.717, 1.165) is 0 Å². The van der Waals surface area contributed by atoms with E-state index in [1.807, 2.05) is 0 Å². The molecule has 2 rings (SSSR count). The van der Waals surface area contributed by atoms with E-state index in [1.54, 1.807) is 0 Å². The highest BCUT2D eigenvalue weighted by Gasteiger charge is 2.27. The normalized spacial score (nSPS) is 20.8. The summed E-state index contributed by atoms with van der Waals surface area (Å²) in [5, 5.41) is 8.95. The topological polar surface area (TPSA) is 49.8 Å². The largest absolute Gasteiger partial charge is 0.394 e. The number of aliphatic hydroxyl groups excluding tert-OH is 1. The van der Waals surface area contributed by atoms with Gasteiger partial charge in [0, 0.05) is 5.69 Å². The quantitative estimate of drug-likeness (QED) is 0.868. The van der Waals surface area contributed by atoms with Crippen molar-refractivity contribution in [2.45, 2.75) is 6.10 Å². The highest BCUT2D eigenvalue weighted by atomic mass is 35.5. The number of carbonyl (C=O) groups is 1. The fourth-order valence-electron chi connectivity index (χ4n) is 1.64. The maximum atomic E-state index is 13.0. The Morgan fingerprint density at radius 2 is 2.35 bits per heavy atom. The zero-order chi connectivity index (χ0) is 12.4. The Hall–Kier alpha value is -1.17.